The molecule has 0 unspecified atom stereocenters. The fourth-order valence-corrected chi connectivity index (χ4v) is 9.32. The molecule has 63 heavy (non-hydrogen) atoms. The van der Waals surface area contributed by atoms with Crippen LogP contribution < -0.4 is 0 Å². The minimum atomic E-state index is 0.818. The number of pyridine rings is 4. The summed E-state index contributed by atoms with van der Waals surface area (Å²) in [4.78, 5) is 20.1. The van der Waals surface area contributed by atoms with Gasteiger partial charge in [0.2, 0.25) is 0 Å². The van der Waals surface area contributed by atoms with Crippen LogP contribution in [0.4, 0.5) is 0 Å². The van der Waals surface area contributed by atoms with Crippen LogP contribution in [-0.2, 0) is 0 Å². The molecule has 0 atom stereocenters. The average Bonchev–Trinajstić information content (AvgIpc) is 4.01. The van der Waals surface area contributed by atoms with E-state index in [2.05, 4.69) is 165 Å². The summed E-state index contributed by atoms with van der Waals surface area (Å²) in [6.07, 6.45) is 7.63. The fraction of sp³-hybridized carbons (Fsp3) is 0. The van der Waals surface area contributed by atoms with Gasteiger partial charge in [-0.1, -0.05) is 97.1 Å². The van der Waals surface area contributed by atoms with Crippen molar-refractivity contribution in [1.82, 2.24) is 29.1 Å². The van der Waals surface area contributed by atoms with Gasteiger partial charge < -0.3 is 13.6 Å². The molecule has 0 saturated carbocycles. The summed E-state index contributed by atoms with van der Waals surface area (Å²) in [5.41, 5.74) is 17.7. The molecule has 0 amide bonds. The number of hydrogen-bond donors (Lipinski definition) is 0. The van der Waals surface area contributed by atoms with E-state index in [0.29, 0.717) is 0 Å². The van der Waals surface area contributed by atoms with E-state index in [-0.39, 0.29) is 0 Å². The number of hydrogen-bond acceptors (Lipinski definition) is 5. The maximum Gasteiger partial charge on any atom is 0.135 e. The van der Waals surface area contributed by atoms with E-state index in [1.54, 1.807) is 0 Å². The molecule has 294 valence electrons. The number of para-hydroxylation sites is 1. The number of aromatic nitrogens is 6. The Morgan fingerprint density at radius 3 is 1.70 bits per heavy atom. The largest absolute Gasteiger partial charge is 0.456 e. The first-order valence-corrected chi connectivity index (χ1v) is 21.0. The third-order valence-electron chi connectivity index (χ3n) is 12.3. The van der Waals surface area contributed by atoms with Crippen LogP contribution in [0.5, 0.6) is 0 Å². The van der Waals surface area contributed by atoms with Gasteiger partial charge in [-0.05, 0) is 102 Å². The Morgan fingerprint density at radius 1 is 0.333 bits per heavy atom. The third-order valence-corrected chi connectivity index (χ3v) is 12.3. The maximum atomic E-state index is 6.20. The SMILES string of the molecule is c1ccc(-c2cccc(-c3ccc4c(n3)c3nc(-c5cncc(-c6ccccc6)c5)ccc3n4-c3ccc4c(c3)c3cnccc3n4-c3ccc4oc5ccccc5c4c3)c2)cc1. The van der Waals surface area contributed by atoms with Crippen LogP contribution >= 0.6 is 0 Å². The second-order valence-electron chi connectivity index (χ2n) is 15.9. The quantitative estimate of drug-likeness (QED) is 0.167. The molecule has 6 aromatic carbocycles. The van der Waals surface area contributed by atoms with Gasteiger partial charge in [0, 0.05) is 74.4 Å². The van der Waals surface area contributed by atoms with Gasteiger partial charge in [-0.15, -0.1) is 0 Å². The van der Waals surface area contributed by atoms with Crippen molar-refractivity contribution >= 4 is 65.8 Å². The molecule has 0 aliphatic rings. The summed E-state index contributed by atoms with van der Waals surface area (Å²) in [6, 6.07) is 63.6. The van der Waals surface area contributed by atoms with E-state index in [9.17, 15) is 0 Å². The van der Waals surface area contributed by atoms with Gasteiger partial charge in [0.25, 0.3) is 0 Å². The van der Waals surface area contributed by atoms with E-state index in [1.165, 1.54) is 0 Å². The highest BCUT2D eigenvalue weighted by molar-refractivity contribution is 6.12. The Hall–Kier alpha value is -8.68. The van der Waals surface area contributed by atoms with Crippen LogP contribution in [0.2, 0.25) is 0 Å². The number of benzene rings is 6. The standard InChI is InChI=1S/C56H34N6O/c1-3-10-35(11-4-1)37-14-9-15-38(28-37)47-20-23-51-55(59-47)56-52(24-21-48(60-56)40-29-39(32-58-33-40)36-12-5-2-6-13-36)62(51)41-18-22-49-44(30-41)46-34-57-27-26-50(46)61(49)42-19-25-54-45(31-42)43-16-7-8-17-53(43)63-54/h1-34H. The van der Waals surface area contributed by atoms with E-state index < -0.39 is 0 Å². The second-order valence-corrected chi connectivity index (χ2v) is 15.9. The Bertz CT molecular complexity index is 3780. The molecule has 0 spiro atoms. The summed E-state index contributed by atoms with van der Waals surface area (Å²) in [5, 5.41) is 4.35. The Morgan fingerprint density at radius 2 is 0.905 bits per heavy atom. The molecule has 0 saturated heterocycles. The van der Waals surface area contributed by atoms with Crippen molar-refractivity contribution in [2.75, 3.05) is 0 Å². The lowest BCUT2D eigenvalue weighted by atomic mass is 10.0. The van der Waals surface area contributed by atoms with Gasteiger partial charge in [-0.3, -0.25) is 9.97 Å². The Kier molecular flexibility index (Phi) is 7.77. The minimum absolute atomic E-state index is 0.818. The predicted octanol–water partition coefficient (Wildman–Crippen LogP) is 14.0. The minimum Gasteiger partial charge on any atom is -0.456 e. The molecule has 13 aromatic rings. The monoisotopic (exact) mass is 806 g/mol. The van der Waals surface area contributed by atoms with E-state index in [0.717, 1.165) is 122 Å². The average molecular weight is 807 g/mol. The maximum absolute atomic E-state index is 6.20. The number of fused-ring (bicyclic) bond motifs is 9. The molecule has 0 fully saturated rings. The summed E-state index contributed by atoms with van der Waals surface area (Å²) in [6.45, 7) is 0. The highest BCUT2D eigenvalue weighted by atomic mass is 16.3. The first-order valence-electron chi connectivity index (χ1n) is 21.0. The van der Waals surface area contributed by atoms with Crippen LogP contribution in [0, 0.1) is 0 Å². The van der Waals surface area contributed by atoms with Gasteiger partial charge in [0.15, 0.2) is 0 Å². The molecule has 7 aromatic heterocycles. The zero-order valence-electron chi connectivity index (χ0n) is 33.7. The van der Waals surface area contributed by atoms with E-state index >= 15 is 0 Å². The van der Waals surface area contributed by atoms with Gasteiger partial charge >= 0.3 is 0 Å². The Labute approximate surface area is 360 Å². The molecule has 13 rings (SSSR count). The zero-order valence-corrected chi connectivity index (χ0v) is 33.7. The van der Waals surface area contributed by atoms with Gasteiger partial charge in [0.05, 0.1) is 33.5 Å². The molecule has 0 bridgehead atoms. The van der Waals surface area contributed by atoms with Gasteiger partial charge in [-0.25, -0.2) is 9.97 Å². The highest BCUT2D eigenvalue weighted by Crippen LogP contribution is 2.39. The third kappa shape index (κ3) is 5.67. The molecule has 0 aliphatic heterocycles. The lowest BCUT2D eigenvalue weighted by molar-refractivity contribution is 0.669. The van der Waals surface area contributed by atoms with Crippen molar-refractivity contribution in [3.63, 3.8) is 0 Å². The Balaban J connectivity index is 1.01. The molecule has 7 nitrogen and oxygen atoms in total. The van der Waals surface area contributed by atoms with Crippen molar-refractivity contribution in [1.29, 1.82) is 0 Å². The van der Waals surface area contributed by atoms with Crippen LogP contribution in [0.1, 0.15) is 0 Å². The summed E-state index contributed by atoms with van der Waals surface area (Å²) in [7, 11) is 0. The lowest BCUT2D eigenvalue weighted by Gasteiger charge is -2.11. The highest BCUT2D eigenvalue weighted by Gasteiger charge is 2.20. The van der Waals surface area contributed by atoms with Crippen LogP contribution in [0.15, 0.2) is 211 Å². The topological polar surface area (TPSA) is 74.6 Å². The fourth-order valence-electron chi connectivity index (χ4n) is 9.32. The van der Waals surface area contributed by atoms with Gasteiger partial charge in [0.1, 0.15) is 22.2 Å². The van der Waals surface area contributed by atoms with E-state index in [4.69, 9.17) is 14.4 Å². The molecular weight excluding hydrogens is 773 g/mol. The number of rotatable bonds is 6. The van der Waals surface area contributed by atoms with Crippen molar-refractivity contribution in [3.8, 4) is 56.1 Å². The van der Waals surface area contributed by atoms with Crippen LogP contribution in [0.25, 0.3) is 122 Å². The molecule has 7 heterocycles. The number of nitrogens with zero attached hydrogens (tertiary/aromatic N) is 6. The summed E-state index contributed by atoms with van der Waals surface area (Å²) in [5.74, 6) is 0. The molecule has 7 heteroatoms. The van der Waals surface area contributed by atoms with Crippen molar-refractivity contribution < 1.29 is 4.42 Å². The first kappa shape index (κ1) is 35.1. The molecule has 0 radical (unpaired) electrons. The molecule has 0 aliphatic carbocycles. The van der Waals surface area contributed by atoms with Crippen molar-refractivity contribution in [2.45, 2.75) is 0 Å². The summed E-state index contributed by atoms with van der Waals surface area (Å²) >= 11 is 0. The normalized spacial score (nSPS) is 11.8. The van der Waals surface area contributed by atoms with Crippen molar-refractivity contribution in [3.05, 3.63) is 207 Å². The molecular formula is C56H34N6O. The smallest absolute Gasteiger partial charge is 0.135 e. The first-order chi connectivity index (χ1) is 31.2. The van der Waals surface area contributed by atoms with Crippen LogP contribution in [0.3, 0.4) is 0 Å². The lowest BCUT2D eigenvalue weighted by Crippen LogP contribution is -1.96. The summed E-state index contributed by atoms with van der Waals surface area (Å²) < 4.78 is 10.8. The second kappa shape index (κ2) is 13.9. The predicted molar refractivity (Wildman–Crippen MR) is 255 cm³/mol. The van der Waals surface area contributed by atoms with E-state index in [1.807, 2.05) is 61.2 Å². The zero-order chi connectivity index (χ0) is 41.4. The van der Waals surface area contributed by atoms with Crippen molar-refractivity contribution in [2.24, 2.45) is 0 Å². The van der Waals surface area contributed by atoms with Crippen LogP contribution in [-0.4, -0.2) is 29.1 Å². The molecule has 0 N–H and O–H groups in total. The van der Waals surface area contributed by atoms with Gasteiger partial charge in [-0.2, -0.15) is 0 Å². The number of furan rings is 1.